The lowest BCUT2D eigenvalue weighted by Gasteiger charge is -2.37. The van der Waals surface area contributed by atoms with Crippen molar-refractivity contribution >= 4 is 33.4 Å². The van der Waals surface area contributed by atoms with Gasteiger partial charge in [0, 0.05) is 43.7 Å². The number of hydrogen-bond acceptors (Lipinski definition) is 4. The Balaban J connectivity index is 1.46. The Kier molecular flexibility index (Phi) is 6.89. The van der Waals surface area contributed by atoms with Crippen molar-refractivity contribution in [3.05, 3.63) is 28.2 Å². The molecule has 1 aromatic rings. The molecule has 1 aromatic carbocycles. The van der Waals surface area contributed by atoms with Crippen molar-refractivity contribution in [1.82, 2.24) is 14.7 Å². The Morgan fingerprint density at radius 2 is 1.78 bits per heavy atom. The number of piperazine rings is 1. The normalized spacial score (nSPS) is 19.9. The molecule has 2 fully saturated rings. The van der Waals surface area contributed by atoms with E-state index in [2.05, 4.69) is 31.0 Å². The average molecular weight is 437 g/mol. The third-order valence-corrected chi connectivity index (χ3v) is 6.19. The molecule has 3 rings (SSSR count). The number of benzene rings is 1. The summed E-state index contributed by atoms with van der Waals surface area (Å²) in [6.07, 6.45) is 2.26. The van der Waals surface area contributed by atoms with Gasteiger partial charge >= 0.3 is 0 Å². The molecule has 2 aliphatic rings. The van der Waals surface area contributed by atoms with E-state index in [1.807, 2.05) is 36.9 Å². The number of nitrogens with zero attached hydrogens (tertiary/aromatic N) is 3. The van der Waals surface area contributed by atoms with E-state index in [0.717, 1.165) is 67.8 Å². The number of likely N-dealkylation sites (tertiary alicyclic amines) is 1. The van der Waals surface area contributed by atoms with Gasteiger partial charge in [0.2, 0.25) is 11.8 Å². The molecular formula is C20H29BrN4O2. The molecule has 0 aliphatic carbocycles. The molecule has 1 N–H and O–H groups in total. The molecule has 2 saturated heterocycles. The number of anilines is 1. The summed E-state index contributed by atoms with van der Waals surface area (Å²) in [7, 11) is 0. The number of hydrogen-bond donors (Lipinski definition) is 1. The molecule has 7 heteroatoms. The zero-order valence-corrected chi connectivity index (χ0v) is 17.8. The average Bonchev–Trinajstić information content (AvgIpc) is 3.19. The Hall–Kier alpha value is -1.44. The maximum absolute atomic E-state index is 12.6. The van der Waals surface area contributed by atoms with Gasteiger partial charge in [-0.15, -0.1) is 0 Å². The molecule has 2 heterocycles. The van der Waals surface area contributed by atoms with Crippen LogP contribution < -0.4 is 5.32 Å². The van der Waals surface area contributed by atoms with Crippen LogP contribution in [0.1, 0.15) is 25.3 Å². The van der Waals surface area contributed by atoms with E-state index in [1.54, 1.807) is 0 Å². The van der Waals surface area contributed by atoms with E-state index in [0.29, 0.717) is 6.54 Å². The Bertz CT molecular complexity index is 683. The SMILES string of the molecule is Cc1ccc(NC(=O)C(C)N2CCN(CC(=O)N3CCCC3)CC2)c(Br)c1. The molecule has 2 amide bonds. The molecule has 0 bridgehead atoms. The van der Waals surface area contributed by atoms with Crippen molar-refractivity contribution in [1.29, 1.82) is 0 Å². The Morgan fingerprint density at radius 3 is 2.41 bits per heavy atom. The number of rotatable bonds is 5. The van der Waals surface area contributed by atoms with Gasteiger partial charge in [-0.3, -0.25) is 19.4 Å². The number of halogens is 1. The van der Waals surface area contributed by atoms with Gasteiger partial charge in [0.05, 0.1) is 18.3 Å². The third-order valence-electron chi connectivity index (χ3n) is 5.53. The van der Waals surface area contributed by atoms with Crippen LogP contribution in [0.25, 0.3) is 0 Å². The minimum absolute atomic E-state index is 0.00106. The number of carbonyl (C=O) groups is 2. The van der Waals surface area contributed by atoms with Gasteiger partial charge in [-0.25, -0.2) is 0 Å². The first-order chi connectivity index (χ1) is 12.9. The van der Waals surface area contributed by atoms with E-state index in [-0.39, 0.29) is 17.9 Å². The summed E-state index contributed by atoms with van der Waals surface area (Å²) >= 11 is 3.51. The number of amides is 2. The first-order valence-electron chi connectivity index (χ1n) is 9.75. The summed E-state index contributed by atoms with van der Waals surface area (Å²) in [5, 5.41) is 3.01. The van der Waals surface area contributed by atoms with Crippen molar-refractivity contribution in [3.63, 3.8) is 0 Å². The van der Waals surface area contributed by atoms with Crippen LogP contribution in [0.3, 0.4) is 0 Å². The first kappa shape index (κ1) is 20.3. The van der Waals surface area contributed by atoms with E-state index < -0.39 is 0 Å². The van der Waals surface area contributed by atoms with Crippen LogP contribution in [-0.2, 0) is 9.59 Å². The predicted molar refractivity (Wildman–Crippen MR) is 111 cm³/mol. The third kappa shape index (κ3) is 5.30. The van der Waals surface area contributed by atoms with Gasteiger partial charge in [0.25, 0.3) is 0 Å². The Labute approximate surface area is 170 Å². The van der Waals surface area contributed by atoms with Crippen LogP contribution >= 0.6 is 15.9 Å². The van der Waals surface area contributed by atoms with E-state index in [9.17, 15) is 9.59 Å². The maximum Gasteiger partial charge on any atom is 0.241 e. The van der Waals surface area contributed by atoms with Gasteiger partial charge in [0.15, 0.2) is 0 Å². The summed E-state index contributed by atoms with van der Waals surface area (Å²) in [5.74, 6) is 0.247. The lowest BCUT2D eigenvalue weighted by Crippen LogP contribution is -2.54. The largest absolute Gasteiger partial charge is 0.342 e. The van der Waals surface area contributed by atoms with Crippen LogP contribution in [0.4, 0.5) is 5.69 Å². The van der Waals surface area contributed by atoms with Crippen molar-refractivity contribution in [3.8, 4) is 0 Å². The summed E-state index contributed by atoms with van der Waals surface area (Å²) in [5.41, 5.74) is 1.94. The minimum Gasteiger partial charge on any atom is -0.342 e. The van der Waals surface area contributed by atoms with Crippen LogP contribution in [0.15, 0.2) is 22.7 Å². The second-order valence-corrected chi connectivity index (χ2v) is 8.40. The summed E-state index contributed by atoms with van der Waals surface area (Å²) in [6, 6.07) is 5.71. The van der Waals surface area contributed by atoms with Crippen LogP contribution in [-0.4, -0.2) is 78.4 Å². The van der Waals surface area contributed by atoms with Gasteiger partial charge in [0.1, 0.15) is 0 Å². The zero-order chi connectivity index (χ0) is 19.4. The Morgan fingerprint density at radius 1 is 1.11 bits per heavy atom. The van der Waals surface area contributed by atoms with Crippen molar-refractivity contribution < 1.29 is 9.59 Å². The van der Waals surface area contributed by atoms with Gasteiger partial charge in [-0.2, -0.15) is 0 Å². The fourth-order valence-corrected chi connectivity index (χ4v) is 4.28. The van der Waals surface area contributed by atoms with Crippen LogP contribution in [0.2, 0.25) is 0 Å². The first-order valence-corrected chi connectivity index (χ1v) is 10.5. The van der Waals surface area contributed by atoms with Gasteiger partial charge < -0.3 is 10.2 Å². The minimum atomic E-state index is -0.199. The highest BCUT2D eigenvalue weighted by Gasteiger charge is 2.28. The van der Waals surface area contributed by atoms with E-state index in [4.69, 9.17) is 0 Å². The number of nitrogens with one attached hydrogen (secondary N) is 1. The molecule has 1 unspecified atom stereocenters. The van der Waals surface area contributed by atoms with Crippen LogP contribution in [0.5, 0.6) is 0 Å². The monoisotopic (exact) mass is 436 g/mol. The number of carbonyl (C=O) groups excluding carboxylic acids is 2. The highest BCUT2D eigenvalue weighted by molar-refractivity contribution is 9.10. The molecule has 1 atom stereocenters. The highest BCUT2D eigenvalue weighted by Crippen LogP contribution is 2.24. The smallest absolute Gasteiger partial charge is 0.241 e. The van der Waals surface area contributed by atoms with Gasteiger partial charge in [-0.05, 0) is 60.3 Å². The van der Waals surface area contributed by atoms with Crippen molar-refractivity contribution in [2.24, 2.45) is 0 Å². The molecule has 0 radical (unpaired) electrons. The fraction of sp³-hybridized carbons (Fsp3) is 0.600. The second kappa shape index (κ2) is 9.17. The molecular weight excluding hydrogens is 408 g/mol. The molecule has 148 valence electrons. The number of aryl methyl sites for hydroxylation is 1. The molecule has 0 spiro atoms. The molecule has 2 aliphatic heterocycles. The van der Waals surface area contributed by atoms with E-state index in [1.165, 1.54) is 0 Å². The zero-order valence-electron chi connectivity index (χ0n) is 16.2. The predicted octanol–water partition coefficient (Wildman–Crippen LogP) is 2.32. The molecule has 27 heavy (non-hydrogen) atoms. The second-order valence-electron chi connectivity index (χ2n) is 7.55. The van der Waals surface area contributed by atoms with Gasteiger partial charge in [-0.1, -0.05) is 6.07 Å². The van der Waals surface area contributed by atoms with Crippen molar-refractivity contribution in [2.75, 3.05) is 51.1 Å². The lowest BCUT2D eigenvalue weighted by molar-refractivity contribution is -0.132. The molecule has 6 nitrogen and oxygen atoms in total. The summed E-state index contributed by atoms with van der Waals surface area (Å²) in [4.78, 5) is 31.3. The summed E-state index contributed by atoms with van der Waals surface area (Å²) in [6.45, 7) is 9.54. The van der Waals surface area contributed by atoms with E-state index >= 15 is 0 Å². The molecule has 0 saturated carbocycles. The summed E-state index contributed by atoms with van der Waals surface area (Å²) < 4.78 is 0.897. The quantitative estimate of drug-likeness (QED) is 0.769. The standard InChI is InChI=1S/C20H29BrN4O2/c1-15-5-6-18(17(21)13-15)22-20(27)16(2)24-11-9-23(10-12-24)14-19(26)25-7-3-4-8-25/h5-6,13,16H,3-4,7-12,14H2,1-2H3,(H,22,27). The molecule has 0 aromatic heterocycles. The van der Waals surface area contributed by atoms with Crippen LogP contribution in [0, 0.1) is 6.92 Å². The lowest BCUT2D eigenvalue weighted by atomic mass is 10.2. The fourth-order valence-electron chi connectivity index (χ4n) is 3.69. The maximum atomic E-state index is 12.6. The van der Waals surface area contributed by atoms with Crippen molar-refractivity contribution in [2.45, 2.75) is 32.7 Å². The highest BCUT2D eigenvalue weighted by atomic mass is 79.9. The topological polar surface area (TPSA) is 55.9 Å².